The number of piperidine rings is 1. The minimum absolute atomic E-state index is 0. The van der Waals surface area contributed by atoms with E-state index in [4.69, 9.17) is 21.6 Å². The highest BCUT2D eigenvalue weighted by Gasteiger charge is 2.39. The van der Waals surface area contributed by atoms with Gasteiger partial charge < -0.3 is 31.3 Å². The van der Waals surface area contributed by atoms with Crippen molar-refractivity contribution < 1.29 is 22.7 Å². The summed E-state index contributed by atoms with van der Waals surface area (Å²) in [6, 6.07) is -1.19. The number of halogens is 2. The molecule has 0 aromatic carbocycles. The van der Waals surface area contributed by atoms with E-state index in [0.717, 1.165) is 32.2 Å². The van der Waals surface area contributed by atoms with Crippen molar-refractivity contribution in [1.82, 2.24) is 24.1 Å². The number of nitrogens with zero attached hydrogens (tertiary/aromatic N) is 3. The molecule has 1 aliphatic carbocycles. The van der Waals surface area contributed by atoms with Crippen molar-refractivity contribution in [2.75, 3.05) is 59.0 Å². The minimum Gasteiger partial charge on any atom is -0.379 e. The first kappa shape index (κ1) is 32.6. The normalized spacial score (nSPS) is 21.5. The Morgan fingerprint density at radius 2 is 1.81 bits per heavy atom. The zero-order valence-corrected chi connectivity index (χ0v) is 22.8. The number of guanidine groups is 1. The van der Waals surface area contributed by atoms with Crippen LogP contribution in [0.4, 0.5) is 0 Å². The number of likely N-dealkylation sites (tertiary alicyclic amines) is 1. The van der Waals surface area contributed by atoms with E-state index < -0.39 is 28.1 Å². The summed E-state index contributed by atoms with van der Waals surface area (Å²) >= 11 is 0. The number of nitrogens with one attached hydrogen (secondary N) is 3. The Morgan fingerprint density at radius 3 is 2.39 bits per heavy atom. The Balaban J connectivity index is 0.00000324. The summed E-state index contributed by atoms with van der Waals surface area (Å²) in [5.74, 6) is -0.702. The number of rotatable bonds is 11. The quantitative estimate of drug-likeness (QED) is 0.144. The fraction of sp³-hybridized carbons (Fsp3) is 0.850. The molecule has 2 saturated heterocycles. The molecule has 3 aliphatic rings. The van der Waals surface area contributed by atoms with Gasteiger partial charge in [-0.1, -0.05) is 0 Å². The van der Waals surface area contributed by atoms with Gasteiger partial charge in [0.1, 0.15) is 6.04 Å². The molecule has 2 atom stereocenters. The molecule has 2 heterocycles. The van der Waals surface area contributed by atoms with E-state index in [2.05, 4.69) is 10.0 Å². The minimum atomic E-state index is -3.98. The van der Waals surface area contributed by atoms with E-state index >= 15 is 0 Å². The van der Waals surface area contributed by atoms with E-state index in [9.17, 15) is 18.0 Å². The van der Waals surface area contributed by atoms with Crippen molar-refractivity contribution in [2.45, 2.75) is 44.2 Å². The number of hydrogen-bond acceptors (Lipinski definition) is 7. The molecule has 1 saturated carbocycles. The van der Waals surface area contributed by atoms with Crippen LogP contribution in [0.1, 0.15) is 32.1 Å². The third-order valence-corrected chi connectivity index (χ3v) is 8.00. The highest BCUT2D eigenvalue weighted by atomic mass is 35.5. The SMILES string of the molecule is Cl.Cl.N=C(N)N1CCC[C@@H](CNC(=O)C[C@H](NS(=O)(=O)N2CCOCC2)C(=O)N(CCN)C2CC2)C1. The lowest BCUT2D eigenvalue weighted by Gasteiger charge is -2.33. The summed E-state index contributed by atoms with van der Waals surface area (Å²) in [6.07, 6.45) is 3.14. The predicted octanol–water partition coefficient (Wildman–Crippen LogP) is -1.57. The third kappa shape index (κ3) is 9.47. The van der Waals surface area contributed by atoms with Gasteiger partial charge in [-0.25, -0.2) is 0 Å². The lowest BCUT2D eigenvalue weighted by molar-refractivity contribution is -0.136. The molecule has 7 N–H and O–H groups in total. The number of hydrogen-bond donors (Lipinski definition) is 5. The first-order valence-corrected chi connectivity index (χ1v) is 13.4. The number of morpholine rings is 1. The van der Waals surface area contributed by atoms with Crippen LogP contribution in [0.3, 0.4) is 0 Å². The Morgan fingerprint density at radius 1 is 1.14 bits per heavy atom. The van der Waals surface area contributed by atoms with E-state index in [1.165, 1.54) is 4.31 Å². The van der Waals surface area contributed by atoms with Gasteiger partial charge in [-0.3, -0.25) is 15.0 Å². The Labute approximate surface area is 225 Å². The molecule has 0 radical (unpaired) electrons. The molecule has 0 spiro atoms. The van der Waals surface area contributed by atoms with Gasteiger partial charge in [0.05, 0.1) is 19.6 Å². The maximum Gasteiger partial charge on any atom is 0.280 e. The number of carbonyl (C=O) groups excluding carboxylic acids is 2. The largest absolute Gasteiger partial charge is 0.379 e. The van der Waals surface area contributed by atoms with Gasteiger partial charge in [-0.05, 0) is 31.6 Å². The fourth-order valence-corrected chi connectivity index (χ4v) is 5.71. The molecule has 210 valence electrons. The maximum atomic E-state index is 13.3. The molecule has 16 heteroatoms. The third-order valence-electron chi connectivity index (χ3n) is 6.38. The van der Waals surface area contributed by atoms with Crippen LogP contribution in [0.15, 0.2) is 0 Å². The molecule has 13 nitrogen and oxygen atoms in total. The van der Waals surface area contributed by atoms with Crippen molar-refractivity contribution in [2.24, 2.45) is 17.4 Å². The molecular weight excluding hydrogens is 535 g/mol. The predicted molar refractivity (Wildman–Crippen MR) is 140 cm³/mol. The summed E-state index contributed by atoms with van der Waals surface area (Å²) in [7, 11) is -3.98. The van der Waals surface area contributed by atoms with Gasteiger partial charge >= 0.3 is 0 Å². The first-order valence-electron chi connectivity index (χ1n) is 11.9. The molecular formula is C20H40Cl2N8O5S. The van der Waals surface area contributed by atoms with Crippen molar-refractivity contribution in [1.29, 1.82) is 5.41 Å². The monoisotopic (exact) mass is 574 g/mol. The molecule has 0 unspecified atom stereocenters. The molecule has 2 amide bonds. The Bertz CT molecular complexity index is 842. The van der Waals surface area contributed by atoms with Gasteiger partial charge in [0.25, 0.3) is 10.2 Å². The average Bonchev–Trinajstić information content (AvgIpc) is 3.66. The molecule has 3 rings (SSSR count). The number of amides is 2. The van der Waals surface area contributed by atoms with Crippen molar-refractivity contribution in [3.63, 3.8) is 0 Å². The topological polar surface area (TPSA) is 187 Å². The van der Waals surface area contributed by atoms with Crippen LogP contribution < -0.4 is 21.5 Å². The van der Waals surface area contributed by atoms with E-state index in [0.29, 0.717) is 19.6 Å². The number of carbonyl (C=O) groups is 2. The van der Waals surface area contributed by atoms with Crippen molar-refractivity contribution in [3.05, 3.63) is 0 Å². The highest BCUT2D eigenvalue weighted by Crippen LogP contribution is 2.27. The van der Waals surface area contributed by atoms with Gasteiger partial charge in [-0.2, -0.15) is 17.4 Å². The lowest BCUT2D eigenvalue weighted by atomic mass is 9.98. The molecule has 3 fully saturated rings. The van der Waals surface area contributed by atoms with Gasteiger partial charge in [0.15, 0.2) is 5.96 Å². The smallest absolute Gasteiger partial charge is 0.280 e. The standard InChI is InChI=1S/C20H38N8O5S.2ClH/c21-5-7-28(16-3-4-16)19(30)17(25-34(31,32)27-8-10-33-11-9-27)12-18(29)24-13-15-2-1-6-26(14-15)20(22)23;;/h15-17,25H,1-14,21H2,(H3,22,23)(H,24,29);2*1H/t15-,17-;;/m0../s1. The first-order chi connectivity index (χ1) is 16.2. The highest BCUT2D eigenvalue weighted by molar-refractivity contribution is 7.87. The summed E-state index contributed by atoms with van der Waals surface area (Å²) in [5, 5.41) is 10.4. The molecule has 0 aromatic heterocycles. The summed E-state index contributed by atoms with van der Waals surface area (Å²) in [5.41, 5.74) is 11.3. The summed E-state index contributed by atoms with van der Waals surface area (Å²) in [4.78, 5) is 29.5. The molecule has 0 bridgehead atoms. The van der Waals surface area contributed by atoms with Crippen LogP contribution in [-0.4, -0.2) is 111 Å². The molecule has 2 aliphatic heterocycles. The summed E-state index contributed by atoms with van der Waals surface area (Å²) < 4.78 is 34.8. The summed E-state index contributed by atoms with van der Waals surface area (Å²) in [6.45, 7) is 3.16. The molecule has 0 aromatic rings. The number of ether oxygens (including phenoxy) is 1. The van der Waals surface area contributed by atoms with Crippen LogP contribution in [0, 0.1) is 11.3 Å². The van der Waals surface area contributed by atoms with E-state index in [1.807, 2.05) is 0 Å². The lowest BCUT2D eigenvalue weighted by Crippen LogP contribution is -2.56. The van der Waals surface area contributed by atoms with Gasteiger partial charge in [-0.15, -0.1) is 24.8 Å². The van der Waals surface area contributed by atoms with Crippen molar-refractivity contribution >= 4 is 52.8 Å². The zero-order chi connectivity index (χ0) is 24.7. The zero-order valence-electron chi connectivity index (χ0n) is 20.4. The van der Waals surface area contributed by atoms with Crippen LogP contribution in [0.25, 0.3) is 0 Å². The Kier molecular flexibility index (Phi) is 13.7. The van der Waals surface area contributed by atoms with E-state index in [1.54, 1.807) is 9.80 Å². The van der Waals surface area contributed by atoms with Crippen LogP contribution in [0.2, 0.25) is 0 Å². The number of nitrogens with two attached hydrogens (primary N) is 2. The van der Waals surface area contributed by atoms with Crippen LogP contribution in [0.5, 0.6) is 0 Å². The van der Waals surface area contributed by atoms with Gasteiger partial charge in [0.2, 0.25) is 11.8 Å². The van der Waals surface area contributed by atoms with Crippen LogP contribution >= 0.6 is 24.8 Å². The second-order valence-corrected chi connectivity index (χ2v) is 10.8. The maximum absolute atomic E-state index is 13.3. The second-order valence-electron chi connectivity index (χ2n) is 9.09. The Hall–Kier alpha value is -1.42. The average molecular weight is 576 g/mol. The second kappa shape index (κ2) is 15.1. The van der Waals surface area contributed by atoms with Crippen molar-refractivity contribution in [3.8, 4) is 0 Å². The molecule has 36 heavy (non-hydrogen) atoms. The fourth-order valence-electron chi connectivity index (χ4n) is 4.39. The van der Waals surface area contributed by atoms with Gasteiger partial charge in [0, 0.05) is 51.9 Å². The van der Waals surface area contributed by atoms with Crippen LogP contribution in [-0.2, 0) is 24.5 Å². The van der Waals surface area contributed by atoms with E-state index in [-0.39, 0.29) is 82.0 Å².